The number of nitrogens with one attached hydrogen (secondary N) is 1. The van der Waals surface area contributed by atoms with Gasteiger partial charge in [0.15, 0.2) is 0 Å². The van der Waals surface area contributed by atoms with E-state index in [4.69, 9.17) is 0 Å². The first-order chi connectivity index (χ1) is 12.1. The van der Waals surface area contributed by atoms with E-state index in [1.807, 2.05) is 24.3 Å². The fourth-order valence-corrected chi connectivity index (χ4v) is 3.93. The highest BCUT2D eigenvalue weighted by molar-refractivity contribution is 6.05. The van der Waals surface area contributed by atoms with Crippen molar-refractivity contribution in [3.63, 3.8) is 0 Å². The molecule has 0 aromatic heterocycles. The summed E-state index contributed by atoms with van der Waals surface area (Å²) >= 11 is 0. The topological polar surface area (TPSA) is 66.5 Å². The predicted molar refractivity (Wildman–Crippen MR) is 95.9 cm³/mol. The zero-order valence-electron chi connectivity index (χ0n) is 14.8. The lowest BCUT2D eigenvalue weighted by Gasteiger charge is -2.19. The predicted octanol–water partition coefficient (Wildman–Crippen LogP) is 3.14. The number of likely N-dealkylation sites (tertiary alicyclic amines) is 1. The maximum Gasteiger partial charge on any atom is 0.233 e. The number of nitrogens with zero attached hydrogens (tertiary/aromatic N) is 1. The summed E-state index contributed by atoms with van der Waals surface area (Å²) in [6.07, 6.45) is 5.91. The van der Waals surface area contributed by atoms with Crippen molar-refractivity contribution in [2.45, 2.75) is 51.9 Å². The van der Waals surface area contributed by atoms with Crippen molar-refractivity contribution in [3.8, 4) is 0 Å². The van der Waals surface area contributed by atoms with Crippen LogP contribution in [0.5, 0.6) is 0 Å². The molecule has 25 heavy (non-hydrogen) atoms. The largest absolute Gasteiger partial charge is 0.326 e. The van der Waals surface area contributed by atoms with Gasteiger partial charge < -0.3 is 5.32 Å². The molecular formula is C20H26N2O3. The minimum atomic E-state index is -0.168. The molecule has 1 aromatic rings. The fourth-order valence-electron chi connectivity index (χ4n) is 3.93. The molecule has 2 aliphatic rings. The third kappa shape index (κ3) is 3.91. The molecule has 2 fully saturated rings. The maximum absolute atomic E-state index is 12.4. The molecule has 3 rings (SSSR count). The van der Waals surface area contributed by atoms with Crippen LogP contribution in [0.3, 0.4) is 0 Å². The van der Waals surface area contributed by atoms with E-state index in [9.17, 15) is 14.4 Å². The molecule has 1 saturated carbocycles. The molecule has 1 N–H and O–H groups in total. The van der Waals surface area contributed by atoms with Crippen LogP contribution in [0, 0.1) is 11.8 Å². The molecule has 1 aliphatic carbocycles. The molecule has 0 spiro atoms. The second-order valence-electron chi connectivity index (χ2n) is 7.07. The van der Waals surface area contributed by atoms with E-state index in [1.165, 1.54) is 10.5 Å². The lowest BCUT2D eigenvalue weighted by atomic mass is 9.81. The Kier molecular flexibility index (Phi) is 5.51. The lowest BCUT2D eigenvalue weighted by molar-refractivity contribution is -0.140. The summed E-state index contributed by atoms with van der Waals surface area (Å²) in [4.78, 5) is 38.2. The van der Waals surface area contributed by atoms with Gasteiger partial charge in [-0.25, -0.2) is 0 Å². The number of amides is 3. The van der Waals surface area contributed by atoms with Crippen LogP contribution in [0.2, 0.25) is 0 Å². The van der Waals surface area contributed by atoms with Gasteiger partial charge in [-0.1, -0.05) is 38.3 Å². The van der Waals surface area contributed by atoms with Gasteiger partial charge in [0.2, 0.25) is 17.7 Å². The fraction of sp³-hybridized carbons (Fsp3) is 0.550. The van der Waals surface area contributed by atoms with E-state index in [-0.39, 0.29) is 42.5 Å². The van der Waals surface area contributed by atoms with E-state index in [0.29, 0.717) is 0 Å². The molecule has 0 bridgehead atoms. The zero-order chi connectivity index (χ0) is 17.8. The number of hydrogen-bond donors (Lipinski definition) is 1. The first-order valence-corrected chi connectivity index (χ1v) is 9.34. The summed E-state index contributed by atoms with van der Waals surface area (Å²) in [6, 6.07) is 7.81. The molecule has 0 unspecified atom stereocenters. The van der Waals surface area contributed by atoms with E-state index in [0.717, 1.165) is 44.2 Å². The van der Waals surface area contributed by atoms with E-state index in [1.54, 1.807) is 0 Å². The number of fused-ring (bicyclic) bond motifs is 1. The lowest BCUT2D eigenvalue weighted by Crippen LogP contribution is -2.34. The Balaban J connectivity index is 1.52. The minimum Gasteiger partial charge on any atom is -0.326 e. The van der Waals surface area contributed by atoms with Crippen LogP contribution in [0.25, 0.3) is 0 Å². The van der Waals surface area contributed by atoms with Gasteiger partial charge in [-0.05, 0) is 37.0 Å². The average Bonchev–Trinajstić information content (AvgIpc) is 2.86. The molecule has 134 valence electrons. The Labute approximate surface area is 148 Å². The third-order valence-electron chi connectivity index (χ3n) is 5.27. The van der Waals surface area contributed by atoms with Gasteiger partial charge in [0.05, 0.1) is 11.8 Å². The number of hydrogen-bond acceptors (Lipinski definition) is 3. The third-order valence-corrected chi connectivity index (χ3v) is 5.27. The van der Waals surface area contributed by atoms with Crippen LogP contribution >= 0.6 is 0 Å². The Bertz CT molecular complexity index is 629. The Morgan fingerprint density at radius 2 is 1.68 bits per heavy atom. The number of rotatable bonds is 6. The molecule has 5 nitrogen and oxygen atoms in total. The van der Waals surface area contributed by atoms with Crippen LogP contribution in [0.1, 0.15) is 51.0 Å². The number of aryl methyl sites for hydroxylation is 1. The van der Waals surface area contributed by atoms with Gasteiger partial charge in [0.25, 0.3) is 0 Å². The molecule has 3 amide bonds. The van der Waals surface area contributed by atoms with Gasteiger partial charge in [-0.2, -0.15) is 0 Å². The standard InChI is InChI=1S/C20H26N2O3/c1-2-5-14-8-10-15(11-9-14)21-18(23)12-13-22-19(24)16-6-3-4-7-17(16)20(22)25/h8-11,16-17H,2-7,12-13H2,1H3,(H,21,23)/t16-,17+. The molecule has 1 heterocycles. The smallest absolute Gasteiger partial charge is 0.233 e. The first-order valence-electron chi connectivity index (χ1n) is 9.34. The quantitative estimate of drug-likeness (QED) is 0.808. The van der Waals surface area contributed by atoms with Crippen LogP contribution in [-0.4, -0.2) is 29.2 Å². The summed E-state index contributed by atoms with van der Waals surface area (Å²) in [5.74, 6) is -0.609. The Morgan fingerprint density at radius 3 is 2.24 bits per heavy atom. The van der Waals surface area contributed by atoms with Crippen LogP contribution < -0.4 is 5.32 Å². The van der Waals surface area contributed by atoms with Gasteiger partial charge in [0, 0.05) is 18.7 Å². The second-order valence-corrected chi connectivity index (χ2v) is 7.07. The van der Waals surface area contributed by atoms with Crippen LogP contribution in [0.4, 0.5) is 5.69 Å². The van der Waals surface area contributed by atoms with Crippen LogP contribution in [0.15, 0.2) is 24.3 Å². The minimum absolute atomic E-state index is 0.0774. The monoisotopic (exact) mass is 342 g/mol. The first kappa shape index (κ1) is 17.6. The average molecular weight is 342 g/mol. The highest BCUT2D eigenvalue weighted by atomic mass is 16.2. The summed E-state index contributed by atoms with van der Waals surface area (Å²) in [7, 11) is 0. The second kappa shape index (κ2) is 7.81. The van der Waals surface area contributed by atoms with Crippen molar-refractivity contribution in [3.05, 3.63) is 29.8 Å². The van der Waals surface area contributed by atoms with Crippen molar-refractivity contribution in [1.29, 1.82) is 0 Å². The van der Waals surface area contributed by atoms with Crippen LogP contribution in [-0.2, 0) is 20.8 Å². The molecule has 1 aromatic carbocycles. The molecule has 1 saturated heterocycles. The number of carbonyl (C=O) groups is 3. The summed E-state index contributed by atoms with van der Waals surface area (Å²) < 4.78 is 0. The Morgan fingerprint density at radius 1 is 1.08 bits per heavy atom. The van der Waals surface area contributed by atoms with Crippen molar-refractivity contribution in [2.75, 3.05) is 11.9 Å². The highest BCUT2D eigenvalue weighted by Gasteiger charge is 2.47. The molecule has 5 heteroatoms. The molecule has 1 aliphatic heterocycles. The molecular weight excluding hydrogens is 316 g/mol. The van der Waals surface area contributed by atoms with Gasteiger partial charge in [0.1, 0.15) is 0 Å². The van der Waals surface area contributed by atoms with Crippen molar-refractivity contribution in [1.82, 2.24) is 4.90 Å². The summed E-state index contributed by atoms with van der Waals surface area (Å²) in [6.45, 7) is 2.32. The number of carbonyl (C=O) groups excluding carboxylic acids is 3. The van der Waals surface area contributed by atoms with Crippen molar-refractivity contribution >= 4 is 23.4 Å². The maximum atomic E-state index is 12.4. The SMILES string of the molecule is CCCc1ccc(NC(=O)CCN2C(=O)[C@H]3CCCC[C@H]3C2=O)cc1. The van der Waals surface area contributed by atoms with Crippen molar-refractivity contribution in [2.24, 2.45) is 11.8 Å². The van der Waals surface area contributed by atoms with Gasteiger partial charge in [-0.3, -0.25) is 19.3 Å². The highest BCUT2D eigenvalue weighted by Crippen LogP contribution is 2.37. The van der Waals surface area contributed by atoms with Gasteiger partial charge >= 0.3 is 0 Å². The van der Waals surface area contributed by atoms with E-state index < -0.39 is 0 Å². The van der Waals surface area contributed by atoms with Gasteiger partial charge in [-0.15, -0.1) is 0 Å². The zero-order valence-corrected chi connectivity index (χ0v) is 14.8. The molecule has 0 radical (unpaired) electrons. The van der Waals surface area contributed by atoms with E-state index in [2.05, 4.69) is 12.2 Å². The van der Waals surface area contributed by atoms with Crippen molar-refractivity contribution < 1.29 is 14.4 Å². The number of anilines is 1. The number of benzene rings is 1. The Hall–Kier alpha value is -2.17. The normalized spacial score (nSPS) is 22.8. The molecule has 2 atom stereocenters. The van der Waals surface area contributed by atoms with E-state index >= 15 is 0 Å². The number of imide groups is 1. The summed E-state index contributed by atoms with van der Waals surface area (Å²) in [5, 5.41) is 2.84. The summed E-state index contributed by atoms with van der Waals surface area (Å²) in [5.41, 5.74) is 1.99.